The van der Waals surface area contributed by atoms with Gasteiger partial charge in [0.1, 0.15) is 0 Å². The fourth-order valence-electron chi connectivity index (χ4n) is 3.56. The van der Waals surface area contributed by atoms with Crippen molar-refractivity contribution in [3.8, 4) is 0 Å². The van der Waals surface area contributed by atoms with E-state index in [1.807, 2.05) is 0 Å². The highest BCUT2D eigenvalue weighted by Crippen LogP contribution is 2.36. The summed E-state index contributed by atoms with van der Waals surface area (Å²) in [4.78, 5) is 0. The average Bonchev–Trinajstić information content (AvgIpc) is 2.49. The molecule has 2 aromatic carbocycles. The van der Waals surface area contributed by atoms with Crippen LogP contribution in [0.2, 0.25) is 0 Å². The van der Waals surface area contributed by atoms with Crippen LogP contribution in [0.5, 0.6) is 0 Å². The predicted molar refractivity (Wildman–Crippen MR) is 84.9 cm³/mol. The van der Waals surface area contributed by atoms with Crippen molar-refractivity contribution in [2.75, 3.05) is 7.05 Å². The fourth-order valence-corrected chi connectivity index (χ4v) is 3.56. The number of hydrogen-bond donors (Lipinski definition) is 1. The predicted octanol–water partition coefficient (Wildman–Crippen LogP) is 4.06. The minimum atomic E-state index is 0.486. The van der Waals surface area contributed by atoms with Gasteiger partial charge in [0.2, 0.25) is 0 Å². The zero-order valence-electron chi connectivity index (χ0n) is 12.4. The molecule has 0 fully saturated rings. The first kappa shape index (κ1) is 13.4. The van der Waals surface area contributed by atoms with Crippen LogP contribution in [0.25, 0.3) is 0 Å². The van der Waals surface area contributed by atoms with Crippen LogP contribution in [0.1, 0.15) is 34.7 Å². The van der Waals surface area contributed by atoms with Crippen LogP contribution in [0.15, 0.2) is 48.5 Å². The molecule has 1 N–H and O–H groups in total. The molecule has 2 aromatic rings. The second-order valence-electron chi connectivity index (χ2n) is 5.89. The number of benzene rings is 2. The lowest BCUT2D eigenvalue weighted by atomic mass is 9.76. The Balaban J connectivity index is 1.87. The summed E-state index contributed by atoms with van der Waals surface area (Å²) in [5.41, 5.74) is 5.94. The third-order valence-electron chi connectivity index (χ3n) is 4.70. The molecule has 0 radical (unpaired) electrons. The van der Waals surface area contributed by atoms with E-state index in [0.717, 1.165) is 0 Å². The second kappa shape index (κ2) is 5.80. The second-order valence-corrected chi connectivity index (χ2v) is 5.89. The van der Waals surface area contributed by atoms with Gasteiger partial charge in [-0.1, -0.05) is 48.5 Å². The number of hydrogen-bond acceptors (Lipinski definition) is 1. The van der Waals surface area contributed by atoms with Gasteiger partial charge in [-0.15, -0.1) is 0 Å². The number of fused-ring (bicyclic) bond motifs is 1. The Morgan fingerprint density at radius 1 is 1.05 bits per heavy atom. The van der Waals surface area contributed by atoms with Crippen molar-refractivity contribution >= 4 is 0 Å². The fraction of sp³-hybridized carbons (Fsp3) is 0.368. The summed E-state index contributed by atoms with van der Waals surface area (Å²) in [6, 6.07) is 18.2. The Morgan fingerprint density at radius 3 is 2.60 bits per heavy atom. The SMILES string of the molecule is CNC1c2ccccc2CCC1Cc1ccccc1C. The Hall–Kier alpha value is -1.60. The highest BCUT2D eigenvalue weighted by molar-refractivity contribution is 5.34. The summed E-state index contributed by atoms with van der Waals surface area (Å²) in [6.07, 6.45) is 3.66. The summed E-state index contributed by atoms with van der Waals surface area (Å²) >= 11 is 0. The van der Waals surface area contributed by atoms with Gasteiger partial charge in [-0.3, -0.25) is 0 Å². The normalized spacial score (nSPS) is 21.5. The van der Waals surface area contributed by atoms with E-state index in [9.17, 15) is 0 Å². The van der Waals surface area contributed by atoms with E-state index in [4.69, 9.17) is 0 Å². The van der Waals surface area contributed by atoms with Gasteiger partial charge in [-0.25, -0.2) is 0 Å². The van der Waals surface area contributed by atoms with Crippen molar-refractivity contribution in [3.63, 3.8) is 0 Å². The summed E-state index contributed by atoms with van der Waals surface area (Å²) in [6.45, 7) is 2.22. The molecular formula is C19H23N. The molecule has 104 valence electrons. The zero-order chi connectivity index (χ0) is 13.9. The molecule has 0 bridgehead atoms. The van der Waals surface area contributed by atoms with Gasteiger partial charge in [0.25, 0.3) is 0 Å². The molecule has 1 nitrogen and oxygen atoms in total. The molecule has 1 heteroatoms. The lowest BCUT2D eigenvalue weighted by Crippen LogP contribution is -2.31. The van der Waals surface area contributed by atoms with Gasteiger partial charge in [0, 0.05) is 6.04 Å². The van der Waals surface area contributed by atoms with Crippen molar-refractivity contribution in [2.45, 2.75) is 32.2 Å². The largest absolute Gasteiger partial charge is 0.313 e. The first-order chi connectivity index (χ1) is 9.79. The van der Waals surface area contributed by atoms with Crippen molar-refractivity contribution in [1.29, 1.82) is 0 Å². The Kier molecular flexibility index (Phi) is 3.88. The quantitative estimate of drug-likeness (QED) is 0.882. The molecule has 1 aliphatic rings. The number of nitrogens with one attached hydrogen (secondary N) is 1. The number of aryl methyl sites for hydroxylation is 2. The molecule has 2 atom stereocenters. The van der Waals surface area contributed by atoms with Crippen LogP contribution in [-0.4, -0.2) is 7.05 Å². The molecule has 0 aromatic heterocycles. The van der Waals surface area contributed by atoms with Gasteiger partial charge in [-0.05, 0) is 61.4 Å². The summed E-state index contributed by atoms with van der Waals surface area (Å²) in [5, 5.41) is 3.55. The minimum Gasteiger partial charge on any atom is -0.313 e. The average molecular weight is 265 g/mol. The van der Waals surface area contributed by atoms with Crippen molar-refractivity contribution in [1.82, 2.24) is 5.32 Å². The molecule has 3 rings (SSSR count). The molecule has 1 aliphatic carbocycles. The van der Waals surface area contributed by atoms with Crippen LogP contribution in [0.4, 0.5) is 0 Å². The van der Waals surface area contributed by atoms with Crippen LogP contribution in [0.3, 0.4) is 0 Å². The maximum Gasteiger partial charge on any atom is 0.0352 e. The van der Waals surface area contributed by atoms with Crippen LogP contribution >= 0.6 is 0 Å². The molecule has 0 amide bonds. The lowest BCUT2D eigenvalue weighted by Gasteiger charge is -2.34. The van der Waals surface area contributed by atoms with Gasteiger partial charge in [0.15, 0.2) is 0 Å². The third-order valence-corrected chi connectivity index (χ3v) is 4.70. The summed E-state index contributed by atoms with van der Waals surface area (Å²) in [7, 11) is 2.09. The molecule has 0 spiro atoms. The monoisotopic (exact) mass is 265 g/mol. The maximum absolute atomic E-state index is 3.55. The Morgan fingerprint density at radius 2 is 1.80 bits per heavy atom. The van der Waals surface area contributed by atoms with E-state index in [-0.39, 0.29) is 0 Å². The molecule has 0 saturated carbocycles. The molecule has 0 heterocycles. The lowest BCUT2D eigenvalue weighted by molar-refractivity contribution is 0.334. The molecule has 20 heavy (non-hydrogen) atoms. The maximum atomic E-state index is 3.55. The van der Waals surface area contributed by atoms with Gasteiger partial charge >= 0.3 is 0 Å². The van der Waals surface area contributed by atoms with Gasteiger partial charge in [0.05, 0.1) is 0 Å². The van der Waals surface area contributed by atoms with E-state index >= 15 is 0 Å². The first-order valence-corrected chi connectivity index (χ1v) is 7.59. The van der Waals surface area contributed by atoms with E-state index in [1.165, 1.54) is 41.5 Å². The molecule has 0 aliphatic heterocycles. The van der Waals surface area contributed by atoms with E-state index in [2.05, 4.69) is 67.8 Å². The summed E-state index contributed by atoms with van der Waals surface area (Å²) in [5.74, 6) is 0.691. The van der Waals surface area contributed by atoms with Crippen LogP contribution in [0, 0.1) is 12.8 Å². The van der Waals surface area contributed by atoms with Gasteiger partial charge in [-0.2, -0.15) is 0 Å². The van der Waals surface area contributed by atoms with Crippen molar-refractivity contribution < 1.29 is 0 Å². The topological polar surface area (TPSA) is 12.0 Å². The van der Waals surface area contributed by atoms with Gasteiger partial charge < -0.3 is 5.32 Å². The van der Waals surface area contributed by atoms with Crippen LogP contribution in [-0.2, 0) is 12.8 Å². The standard InChI is InChI=1S/C19H23N/c1-14-7-3-4-9-16(14)13-17-12-11-15-8-5-6-10-18(15)19(17)20-2/h3-10,17,19-20H,11-13H2,1-2H3. The smallest absolute Gasteiger partial charge is 0.0352 e. The third kappa shape index (κ3) is 2.51. The first-order valence-electron chi connectivity index (χ1n) is 7.59. The number of rotatable bonds is 3. The van der Waals surface area contributed by atoms with Crippen molar-refractivity contribution in [2.24, 2.45) is 5.92 Å². The zero-order valence-corrected chi connectivity index (χ0v) is 12.4. The van der Waals surface area contributed by atoms with E-state index < -0.39 is 0 Å². The summed E-state index contributed by atoms with van der Waals surface area (Å²) < 4.78 is 0. The molecule has 2 unspecified atom stereocenters. The van der Waals surface area contributed by atoms with Crippen LogP contribution < -0.4 is 5.32 Å². The Bertz CT molecular complexity index is 588. The minimum absolute atomic E-state index is 0.486. The highest BCUT2D eigenvalue weighted by Gasteiger charge is 2.28. The molecular weight excluding hydrogens is 242 g/mol. The van der Waals surface area contributed by atoms with Crippen molar-refractivity contribution in [3.05, 3.63) is 70.8 Å². The highest BCUT2D eigenvalue weighted by atomic mass is 14.9. The molecule has 0 saturated heterocycles. The van der Waals surface area contributed by atoms with E-state index in [0.29, 0.717) is 12.0 Å². The Labute approximate surface area is 122 Å². The van der Waals surface area contributed by atoms with E-state index in [1.54, 1.807) is 0 Å².